The highest BCUT2D eigenvalue weighted by Gasteiger charge is 2.29. The van der Waals surface area contributed by atoms with Gasteiger partial charge in [-0.1, -0.05) is 36.8 Å². The molecule has 20 heavy (non-hydrogen) atoms. The van der Waals surface area contributed by atoms with Gasteiger partial charge in [0.15, 0.2) is 0 Å². The van der Waals surface area contributed by atoms with Crippen molar-refractivity contribution in [1.29, 1.82) is 0 Å². The van der Waals surface area contributed by atoms with Gasteiger partial charge in [0.1, 0.15) is 0 Å². The third-order valence-electron chi connectivity index (χ3n) is 4.30. The fourth-order valence-electron chi connectivity index (χ4n) is 3.06. The molecule has 0 radical (unpaired) electrons. The minimum atomic E-state index is 0.347. The van der Waals surface area contributed by atoms with Gasteiger partial charge in [-0.15, -0.1) is 0 Å². The number of aryl methyl sites for hydroxylation is 1. The zero-order chi connectivity index (χ0) is 14.5. The van der Waals surface area contributed by atoms with Crippen LogP contribution in [0.15, 0.2) is 24.3 Å². The van der Waals surface area contributed by atoms with Gasteiger partial charge in [-0.25, -0.2) is 0 Å². The number of hydrogen-bond acceptors (Lipinski definition) is 3. The summed E-state index contributed by atoms with van der Waals surface area (Å²) in [4.78, 5) is 2.45. The summed E-state index contributed by atoms with van der Waals surface area (Å²) in [5.41, 5.74) is 2.69. The monoisotopic (exact) mass is 276 g/mol. The van der Waals surface area contributed by atoms with E-state index in [1.807, 2.05) is 0 Å². The number of hydrogen-bond donors (Lipinski definition) is 1. The van der Waals surface area contributed by atoms with Gasteiger partial charge in [0.05, 0.1) is 6.10 Å². The highest BCUT2D eigenvalue weighted by Crippen LogP contribution is 2.22. The Morgan fingerprint density at radius 1 is 1.35 bits per heavy atom. The molecule has 3 heteroatoms. The Kier molecular flexibility index (Phi) is 5.58. The van der Waals surface area contributed by atoms with E-state index in [4.69, 9.17) is 4.74 Å². The molecule has 0 saturated carbocycles. The van der Waals surface area contributed by atoms with Crippen molar-refractivity contribution < 1.29 is 4.74 Å². The van der Waals surface area contributed by atoms with Crippen LogP contribution < -0.4 is 5.32 Å². The number of ether oxygens (including phenoxy) is 1. The summed E-state index contributed by atoms with van der Waals surface area (Å²) in [7, 11) is 2.22. The Labute approximate surface area is 123 Å². The van der Waals surface area contributed by atoms with Crippen molar-refractivity contribution in [1.82, 2.24) is 10.2 Å². The van der Waals surface area contributed by atoms with Gasteiger partial charge in [-0.05, 0) is 39.4 Å². The molecule has 1 aromatic carbocycles. The zero-order valence-electron chi connectivity index (χ0n) is 13.2. The van der Waals surface area contributed by atoms with Crippen LogP contribution in [0.1, 0.15) is 37.4 Å². The molecule has 3 atom stereocenters. The Balaban J connectivity index is 2.03. The topological polar surface area (TPSA) is 24.5 Å². The Morgan fingerprint density at radius 2 is 2.05 bits per heavy atom. The van der Waals surface area contributed by atoms with Crippen molar-refractivity contribution in [3.05, 3.63) is 35.4 Å². The van der Waals surface area contributed by atoms with Crippen molar-refractivity contribution in [2.45, 2.75) is 45.4 Å². The maximum absolute atomic E-state index is 5.69. The molecule has 0 aromatic heterocycles. The van der Waals surface area contributed by atoms with Crippen molar-refractivity contribution in [3.63, 3.8) is 0 Å². The Hall–Kier alpha value is -0.900. The van der Waals surface area contributed by atoms with Crippen LogP contribution in [0.25, 0.3) is 0 Å². The highest BCUT2D eigenvalue weighted by atomic mass is 16.5. The van der Waals surface area contributed by atoms with E-state index < -0.39 is 0 Å². The molecule has 1 fully saturated rings. The van der Waals surface area contributed by atoms with Gasteiger partial charge >= 0.3 is 0 Å². The number of nitrogens with zero attached hydrogens (tertiary/aromatic N) is 1. The molecule has 1 aliphatic heterocycles. The first-order valence-electron chi connectivity index (χ1n) is 7.73. The first kappa shape index (κ1) is 15.5. The first-order chi connectivity index (χ1) is 9.61. The van der Waals surface area contributed by atoms with E-state index in [1.165, 1.54) is 11.1 Å². The predicted octanol–water partition coefficient (Wildman–Crippen LogP) is 2.75. The Bertz CT molecular complexity index is 404. The van der Waals surface area contributed by atoms with Gasteiger partial charge in [0.2, 0.25) is 0 Å². The smallest absolute Gasteiger partial charge is 0.0702 e. The number of nitrogens with one attached hydrogen (secondary N) is 1. The lowest BCUT2D eigenvalue weighted by Crippen LogP contribution is -2.42. The lowest BCUT2D eigenvalue weighted by atomic mass is 10.0. The molecular weight excluding hydrogens is 248 g/mol. The largest absolute Gasteiger partial charge is 0.377 e. The molecular formula is C17H28N2O. The van der Waals surface area contributed by atoms with Crippen LogP contribution in [0.2, 0.25) is 0 Å². The second-order valence-corrected chi connectivity index (χ2v) is 5.89. The minimum Gasteiger partial charge on any atom is -0.377 e. The number of rotatable bonds is 6. The molecule has 3 nitrogen and oxygen atoms in total. The van der Waals surface area contributed by atoms with E-state index in [0.717, 1.165) is 26.1 Å². The summed E-state index contributed by atoms with van der Waals surface area (Å²) in [6.45, 7) is 9.39. The van der Waals surface area contributed by atoms with Crippen LogP contribution in [0.3, 0.4) is 0 Å². The summed E-state index contributed by atoms with van der Waals surface area (Å²) in [5, 5.41) is 3.61. The molecule has 0 aliphatic carbocycles. The Morgan fingerprint density at radius 3 is 2.60 bits per heavy atom. The summed E-state index contributed by atoms with van der Waals surface area (Å²) in [5.74, 6) is 0. The maximum Gasteiger partial charge on any atom is 0.0702 e. The van der Waals surface area contributed by atoms with E-state index in [2.05, 4.69) is 62.3 Å². The van der Waals surface area contributed by atoms with Crippen molar-refractivity contribution >= 4 is 0 Å². The van der Waals surface area contributed by atoms with Crippen LogP contribution >= 0.6 is 0 Å². The van der Waals surface area contributed by atoms with Crippen LogP contribution in [0.4, 0.5) is 0 Å². The predicted molar refractivity (Wildman–Crippen MR) is 84.0 cm³/mol. The molecule has 0 amide bonds. The lowest BCUT2D eigenvalue weighted by Gasteiger charge is -2.31. The maximum atomic E-state index is 5.69. The van der Waals surface area contributed by atoms with E-state index in [9.17, 15) is 0 Å². The molecule has 1 aromatic rings. The zero-order valence-corrected chi connectivity index (χ0v) is 13.2. The molecule has 0 bridgehead atoms. The highest BCUT2D eigenvalue weighted by molar-refractivity contribution is 5.24. The lowest BCUT2D eigenvalue weighted by molar-refractivity contribution is 0.0804. The van der Waals surface area contributed by atoms with Gasteiger partial charge in [-0.2, -0.15) is 0 Å². The average Bonchev–Trinajstić information content (AvgIpc) is 2.85. The summed E-state index contributed by atoms with van der Waals surface area (Å²) in [6.07, 6.45) is 1.49. The summed E-state index contributed by atoms with van der Waals surface area (Å²) < 4.78 is 5.69. The third-order valence-corrected chi connectivity index (χ3v) is 4.30. The molecule has 1 N–H and O–H groups in total. The molecule has 1 heterocycles. The van der Waals surface area contributed by atoms with Crippen LogP contribution in [-0.4, -0.2) is 43.8 Å². The van der Waals surface area contributed by atoms with Crippen molar-refractivity contribution in [2.24, 2.45) is 0 Å². The fraction of sp³-hybridized carbons (Fsp3) is 0.647. The summed E-state index contributed by atoms with van der Waals surface area (Å²) >= 11 is 0. The minimum absolute atomic E-state index is 0.347. The normalized spacial score (nSPS) is 24.2. The van der Waals surface area contributed by atoms with Gasteiger partial charge < -0.3 is 10.1 Å². The second-order valence-electron chi connectivity index (χ2n) is 5.89. The molecule has 1 aliphatic rings. The first-order valence-corrected chi connectivity index (χ1v) is 7.73. The van der Waals surface area contributed by atoms with Gasteiger partial charge in [0, 0.05) is 25.2 Å². The standard InChI is InChI=1S/C17H28N2O/c1-5-18-16(15-8-6-13(2)7-9-15)12-19(4)17-10-11-20-14(17)3/h6-9,14,16-18H,5,10-12H2,1-4H3. The molecule has 1 saturated heterocycles. The summed E-state index contributed by atoms with van der Waals surface area (Å²) in [6, 6.07) is 9.80. The average molecular weight is 276 g/mol. The van der Waals surface area contributed by atoms with Crippen LogP contribution in [0, 0.1) is 6.92 Å². The molecule has 0 spiro atoms. The second kappa shape index (κ2) is 7.21. The van der Waals surface area contributed by atoms with Gasteiger partial charge in [-0.3, -0.25) is 4.90 Å². The van der Waals surface area contributed by atoms with Crippen molar-refractivity contribution in [2.75, 3.05) is 26.7 Å². The van der Waals surface area contributed by atoms with E-state index in [-0.39, 0.29) is 0 Å². The fourth-order valence-corrected chi connectivity index (χ4v) is 3.06. The molecule has 2 rings (SSSR count). The quantitative estimate of drug-likeness (QED) is 0.864. The van der Waals surface area contributed by atoms with E-state index in [0.29, 0.717) is 18.2 Å². The number of benzene rings is 1. The SMILES string of the molecule is CCNC(CN(C)C1CCOC1C)c1ccc(C)cc1. The third kappa shape index (κ3) is 3.81. The van der Waals surface area contributed by atoms with Crippen LogP contribution in [-0.2, 0) is 4.74 Å². The molecule has 112 valence electrons. The van der Waals surface area contributed by atoms with Crippen molar-refractivity contribution in [3.8, 4) is 0 Å². The van der Waals surface area contributed by atoms with E-state index in [1.54, 1.807) is 0 Å². The van der Waals surface area contributed by atoms with Gasteiger partial charge in [0.25, 0.3) is 0 Å². The molecule has 3 unspecified atom stereocenters. The van der Waals surface area contributed by atoms with Crippen LogP contribution in [0.5, 0.6) is 0 Å². The number of likely N-dealkylation sites (N-methyl/N-ethyl adjacent to an activating group) is 2. The van der Waals surface area contributed by atoms with E-state index >= 15 is 0 Å².